The molecule has 0 unspecified atom stereocenters. The second-order valence-electron chi connectivity index (χ2n) is 6.39. The van der Waals surface area contributed by atoms with Crippen molar-refractivity contribution in [2.24, 2.45) is 5.41 Å². The van der Waals surface area contributed by atoms with Gasteiger partial charge in [-0.05, 0) is 37.8 Å². The minimum Gasteiger partial charge on any atom is -0.310 e. The van der Waals surface area contributed by atoms with E-state index in [9.17, 15) is 0 Å². The van der Waals surface area contributed by atoms with Crippen LogP contribution in [0.5, 0.6) is 0 Å². The number of aromatic nitrogens is 1. The Labute approximate surface area is 121 Å². The Morgan fingerprint density at radius 3 is 3.05 bits per heavy atom. The maximum atomic E-state index is 4.74. The summed E-state index contributed by atoms with van der Waals surface area (Å²) in [6.45, 7) is 12.4. The summed E-state index contributed by atoms with van der Waals surface area (Å²) in [7, 11) is 0. The zero-order chi connectivity index (χ0) is 13.7. The predicted octanol–water partition coefficient (Wildman–Crippen LogP) is 3.26. The van der Waals surface area contributed by atoms with E-state index >= 15 is 0 Å². The van der Waals surface area contributed by atoms with Crippen molar-refractivity contribution in [3.63, 3.8) is 0 Å². The van der Waals surface area contributed by atoms with Gasteiger partial charge in [0.05, 0.1) is 5.69 Å². The summed E-state index contributed by atoms with van der Waals surface area (Å²) in [5, 5.41) is 6.86. The second-order valence-corrected chi connectivity index (χ2v) is 7.33. The fourth-order valence-electron chi connectivity index (χ4n) is 2.78. The molecule has 108 valence electrons. The Balaban J connectivity index is 1.82. The second kappa shape index (κ2) is 6.82. The summed E-state index contributed by atoms with van der Waals surface area (Å²) in [6, 6.07) is 0. The molecule has 0 bridgehead atoms. The lowest BCUT2D eigenvalue weighted by Crippen LogP contribution is -2.39. The molecule has 2 heterocycles. The van der Waals surface area contributed by atoms with Gasteiger partial charge in [-0.3, -0.25) is 4.90 Å². The van der Waals surface area contributed by atoms with Gasteiger partial charge in [0.25, 0.3) is 0 Å². The van der Waals surface area contributed by atoms with Crippen molar-refractivity contribution < 1.29 is 0 Å². The van der Waals surface area contributed by atoms with Crippen LogP contribution in [-0.2, 0) is 13.1 Å². The number of rotatable bonds is 6. The molecule has 0 saturated carbocycles. The number of likely N-dealkylation sites (tertiary alicyclic amines) is 1. The summed E-state index contributed by atoms with van der Waals surface area (Å²) >= 11 is 1.79. The van der Waals surface area contributed by atoms with E-state index in [2.05, 4.69) is 36.4 Å². The summed E-state index contributed by atoms with van der Waals surface area (Å²) in [5.74, 6) is 0. The predicted molar refractivity (Wildman–Crippen MR) is 82.4 cm³/mol. The Bertz CT molecular complexity index is 386. The Morgan fingerprint density at radius 2 is 2.32 bits per heavy atom. The zero-order valence-electron chi connectivity index (χ0n) is 12.5. The molecule has 0 amide bonds. The minimum absolute atomic E-state index is 0.472. The summed E-state index contributed by atoms with van der Waals surface area (Å²) < 4.78 is 0. The third-order valence-corrected chi connectivity index (χ3v) is 4.57. The highest BCUT2D eigenvalue weighted by Gasteiger charge is 2.26. The minimum atomic E-state index is 0.472. The molecule has 0 aliphatic carbocycles. The fraction of sp³-hybridized carbons (Fsp3) is 0.800. The van der Waals surface area contributed by atoms with Gasteiger partial charge in [0.15, 0.2) is 0 Å². The summed E-state index contributed by atoms with van der Waals surface area (Å²) in [4.78, 5) is 7.30. The molecule has 1 fully saturated rings. The van der Waals surface area contributed by atoms with Crippen LogP contribution in [0.4, 0.5) is 0 Å². The molecule has 19 heavy (non-hydrogen) atoms. The zero-order valence-corrected chi connectivity index (χ0v) is 13.4. The maximum Gasteiger partial charge on any atom is 0.107 e. The number of thiazole rings is 1. The van der Waals surface area contributed by atoms with E-state index in [0.29, 0.717) is 5.41 Å². The molecule has 0 aromatic carbocycles. The van der Waals surface area contributed by atoms with E-state index in [1.54, 1.807) is 11.3 Å². The number of piperidine rings is 1. The molecule has 3 nitrogen and oxygen atoms in total. The number of nitrogens with zero attached hydrogens (tertiary/aromatic N) is 2. The highest BCUT2D eigenvalue weighted by Crippen LogP contribution is 2.29. The average Bonchev–Trinajstić information content (AvgIpc) is 2.76. The average molecular weight is 281 g/mol. The van der Waals surface area contributed by atoms with Gasteiger partial charge in [-0.1, -0.05) is 20.8 Å². The third kappa shape index (κ3) is 4.86. The molecule has 4 heteroatoms. The summed E-state index contributed by atoms with van der Waals surface area (Å²) in [5.41, 5.74) is 1.72. The standard InChI is InChI=1S/C15H27N3S/c1-4-7-16-9-14-17-13(11-19-14)10-18-8-5-6-15(2,3)12-18/h11,16H,4-10,12H2,1-3H3. The van der Waals surface area contributed by atoms with E-state index in [1.165, 1.54) is 43.1 Å². The van der Waals surface area contributed by atoms with E-state index in [0.717, 1.165) is 19.6 Å². The van der Waals surface area contributed by atoms with Gasteiger partial charge in [-0.2, -0.15) is 0 Å². The van der Waals surface area contributed by atoms with Crippen molar-refractivity contribution in [3.05, 3.63) is 16.1 Å². The van der Waals surface area contributed by atoms with Crippen LogP contribution in [0, 0.1) is 5.41 Å². The molecule has 1 aliphatic rings. The fourth-order valence-corrected chi connectivity index (χ4v) is 3.54. The van der Waals surface area contributed by atoms with Crippen LogP contribution in [0.3, 0.4) is 0 Å². The first kappa shape index (κ1) is 14.9. The molecule has 1 saturated heterocycles. The van der Waals surface area contributed by atoms with Gasteiger partial charge in [0, 0.05) is 25.0 Å². The smallest absolute Gasteiger partial charge is 0.107 e. The Morgan fingerprint density at radius 1 is 1.47 bits per heavy atom. The SMILES string of the molecule is CCCNCc1nc(CN2CCCC(C)(C)C2)cs1. The van der Waals surface area contributed by atoms with Crippen molar-refractivity contribution in [3.8, 4) is 0 Å². The molecule has 2 rings (SSSR count). The monoisotopic (exact) mass is 281 g/mol. The molecule has 1 aromatic heterocycles. The highest BCUT2D eigenvalue weighted by atomic mass is 32.1. The van der Waals surface area contributed by atoms with Crippen molar-refractivity contribution in [2.75, 3.05) is 19.6 Å². The molecule has 1 N–H and O–H groups in total. The number of hydrogen-bond donors (Lipinski definition) is 1. The van der Waals surface area contributed by atoms with Crippen molar-refractivity contribution in [2.45, 2.75) is 53.1 Å². The van der Waals surface area contributed by atoms with Crippen LogP contribution in [0.1, 0.15) is 50.7 Å². The van der Waals surface area contributed by atoms with Gasteiger partial charge in [0.1, 0.15) is 5.01 Å². The van der Waals surface area contributed by atoms with Gasteiger partial charge >= 0.3 is 0 Å². The maximum absolute atomic E-state index is 4.74. The van der Waals surface area contributed by atoms with Gasteiger partial charge < -0.3 is 5.32 Å². The Kier molecular flexibility index (Phi) is 5.37. The van der Waals surface area contributed by atoms with Crippen LogP contribution in [0.2, 0.25) is 0 Å². The van der Waals surface area contributed by atoms with Crippen LogP contribution in [-0.4, -0.2) is 29.5 Å². The third-order valence-electron chi connectivity index (χ3n) is 3.67. The van der Waals surface area contributed by atoms with Crippen molar-refractivity contribution in [1.29, 1.82) is 0 Å². The lowest BCUT2D eigenvalue weighted by Gasteiger charge is -2.37. The molecular formula is C15H27N3S. The molecular weight excluding hydrogens is 254 g/mol. The van der Waals surface area contributed by atoms with E-state index in [4.69, 9.17) is 4.98 Å². The van der Waals surface area contributed by atoms with Gasteiger partial charge in [-0.15, -0.1) is 11.3 Å². The lowest BCUT2D eigenvalue weighted by molar-refractivity contribution is 0.110. The lowest BCUT2D eigenvalue weighted by atomic mass is 9.84. The van der Waals surface area contributed by atoms with Crippen LogP contribution < -0.4 is 5.32 Å². The number of hydrogen-bond acceptors (Lipinski definition) is 4. The normalized spacial score (nSPS) is 19.7. The first-order valence-electron chi connectivity index (χ1n) is 7.45. The van der Waals surface area contributed by atoms with E-state index in [-0.39, 0.29) is 0 Å². The molecule has 1 aliphatic heterocycles. The highest BCUT2D eigenvalue weighted by molar-refractivity contribution is 7.09. The van der Waals surface area contributed by atoms with Gasteiger partial charge in [-0.25, -0.2) is 4.98 Å². The van der Waals surface area contributed by atoms with Crippen LogP contribution >= 0.6 is 11.3 Å². The van der Waals surface area contributed by atoms with Crippen molar-refractivity contribution >= 4 is 11.3 Å². The molecule has 0 atom stereocenters. The first-order valence-corrected chi connectivity index (χ1v) is 8.33. The molecule has 0 radical (unpaired) electrons. The van der Waals surface area contributed by atoms with Crippen molar-refractivity contribution in [1.82, 2.24) is 15.2 Å². The van der Waals surface area contributed by atoms with Crippen LogP contribution in [0.25, 0.3) is 0 Å². The van der Waals surface area contributed by atoms with Gasteiger partial charge in [0.2, 0.25) is 0 Å². The Hall–Kier alpha value is -0.450. The topological polar surface area (TPSA) is 28.2 Å². The number of nitrogens with one attached hydrogen (secondary N) is 1. The molecule has 0 spiro atoms. The first-order chi connectivity index (χ1) is 9.09. The quantitative estimate of drug-likeness (QED) is 0.811. The largest absolute Gasteiger partial charge is 0.310 e. The van der Waals surface area contributed by atoms with Crippen LogP contribution in [0.15, 0.2) is 5.38 Å². The van der Waals surface area contributed by atoms with E-state index < -0.39 is 0 Å². The molecule has 1 aromatic rings. The summed E-state index contributed by atoms with van der Waals surface area (Å²) in [6.07, 6.45) is 3.86. The van der Waals surface area contributed by atoms with E-state index in [1.807, 2.05) is 0 Å².